The molecule has 1 aliphatic rings. The first-order valence-corrected chi connectivity index (χ1v) is 6.24. The van der Waals surface area contributed by atoms with E-state index in [1.54, 1.807) is 0 Å². The van der Waals surface area contributed by atoms with Crippen LogP contribution in [0.25, 0.3) is 11.1 Å². The number of halogens is 1. The van der Waals surface area contributed by atoms with E-state index in [4.69, 9.17) is 10.5 Å². The maximum absolute atomic E-state index is 5.77. The monoisotopic (exact) mass is 276 g/mol. The zero-order valence-corrected chi connectivity index (χ0v) is 11.4. The summed E-state index contributed by atoms with van der Waals surface area (Å²) in [6.45, 7) is 1.28. The van der Waals surface area contributed by atoms with E-state index >= 15 is 0 Å². The fourth-order valence-corrected chi connectivity index (χ4v) is 2.58. The third kappa shape index (κ3) is 2.63. The summed E-state index contributed by atoms with van der Waals surface area (Å²) >= 11 is 0. The molecule has 100 valence electrons. The van der Waals surface area contributed by atoms with Crippen LogP contribution in [0.1, 0.15) is 17.2 Å². The lowest BCUT2D eigenvalue weighted by Gasteiger charge is -2.27. The van der Waals surface area contributed by atoms with E-state index in [-0.39, 0.29) is 18.5 Å². The molecule has 2 N–H and O–H groups in total. The molecule has 0 amide bonds. The van der Waals surface area contributed by atoms with Crippen molar-refractivity contribution in [2.24, 2.45) is 5.73 Å². The van der Waals surface area contributed by atoms with Crippen LogP contribution in [0.2, 0.25) is 0 Å². The number of ether oxygens (including phenoxy) is 1. The highest BCUT2D eigenvalue weighted by Gasteiger charge is 2.21. The van der Waals surface area contributed by atoms with Crippen LogP contribution in [0.4, 0.5) is 0 Å². The Morgan fingerprint density at radius 1 is 1.21 bits per heavy atom. The Hall–Kier alpha value is -1.42. The summed E-state index contributed by atoms with van der Waals surface area (Å²) < 4.78 is 5.71. The van der Waals surface area contributed by atoms with Crippen LogP contribution in [-0.2, 0) is 11.2 Å². The van der Waals surface area contributed by atoms with Gasteiger partial charge in [0.15, 0.2) is 0 Å². The molecule has 0 bridgehead atoms. The largest absolute Gasteiger partial charge is 0.372 e. The van der Waals surface area contributed by atoms with Crippen molar-refractivity contribution in [2.45, 2.75) is 12.5 Å². The Kier molecular flexibility index (Phi) is 4.53. The highest BCUT2D eigenvalue weighted by molar-refractivity contribution is 5.85. The Balaban J connectivity index is 0.00000133. The van der Waals surface area contributed by atoms with Gasteiger partial charge in [-0.15, -0.1) is 12.4 Å². The summed E-state index contributed by atoms with van der Waals surface area (Å²) in [7, 11) is 0. The van der Waals surface area contributed by atoms with Gasteiger partial charge in [0.1, 0.15) is 0 Å². The maximum atomic E-state index is 5.77. The predicted molar refractivity (Wildman–Crippen MR) is 78.4 cm³/mol. The SMILES string of the molecule is Cl.NCC1OCCc2c(-c3ccncc3)cccc21. The minimum atomic E-state index is 0. The van der Waals surface area contributed by atoms with Crippen molar-refractivity contribution < 1.29 is 4.74 Å². The average molecular weight is 277 g/mol. The van der Waals surface area contributed by atoms with Crippen LogP contribution in [0.15, 0.2) is 42.7 Å². The van der Waals surface area contributed by atoms with Crippen molar-refractivity contribution in [3.63, 3.8) is 0 Å². The molecule has 0 aliphatic carbocycles. The van der Waals surface area contributed by atoms with Crippen molar-refractivity contribution >= 4 is 12.4 Å². The second kappa shape index (κ2) is 6.15. The molecule has 0 fully saturated rings. The van der Waals surface area contributed by atoms with Crippen molar-refractivity contribution in [1.29, 1.82) is 0 Å². The number of rotatable bonds is 2. The van der Waals surface area contributed by atoms with Crippen LogP contribution in [0, 0.1) is 0 Å². The summed E-state index contributed by atoms with van der Waals surface area (Å²) in [6.07, 6.45) is 4.64. The van der Waals surface area contributed by atoms with Crippen LogP contribution >= 0.6 is 12.4 Å². The molecule has 1 atom stereocenters. The first-order valence-electron chi connectivity index (χ1n) is 6.24. The zero-order valence-electron chi connectivity index (χ0n) is 10.6. The lowest BCUT2D eigenvalue weighted by molar-refractivity contribution is 0.0486. The lowest BCUT2D eigenvalue weighted by atomic mass is 9.90. The molecule has 4 heteroatoms. The van der Waals surface area contributed by atoms with Gasteiger partial charge in [0.05, 0.1) is 12.7 Å². The van der Waals surface area contributed by atoms with Gasteiger partial charge in [-0.3, -0.25) is 4.98 Å². The second-order valence-electron chi connectivity index (χ2n) is 4.45. The first kappa shape index (κ1) is 14.0. The van der Waals surface area contributed by atoms with Gasteiger partial charge in [-0.25, -0.2) is 0 Å². The fraction of sp³-hybridized carbons (Fsp3) is 0.267. The molecule has 1 aromatic carbocycles. The highest BCUT2D eigenvalue weighted by atomic mass is 35.5. The van der Waals surface area contributed by atoms with Gasteiger partial charge >= 0.3 is 0 Å². The predicted octanol–water partition coefficient (Wildman–Crippen LogP) is 2.74. The second-order valence-corrected chi connectivity index (χ2v) is 4.45. The zero-order chi connectivity index (χ0) is 12.4. The summed E-state index contributed by atoms with van der Waals surface area (Å²) in [5.41, 5.74) is 10.9. The molecule has 0 radical (unpaired) electrons. The topological polar surface area (TPSA) is 48.1 Å². The molecule has 1 aromatic heterocycles. The first-order chi connectivity index (χ1) is 8.90. The van der Waals surface area contributed by atoms with Gasteiger partial charge < -0.3 is 10.5 Å². The average Bonchev–Trinajstić information content (AvgIpc) is 2.47. The molecular formula is C15H17ClN2O. The maximum Gasteiger partial charge on any atom is 0.0950 e. The number of nitrogens with two attached hydrogens (primary N) is 1. The van der Waals surface area contributed by atoms with E-state index in [0.29, 0.717) is 6.54 Å². The molecule has 3 nitrogen and oxygen atoms in total. The number of pyridine rings is 1. The van der Waals surface area contributed by atoms with E-state index < -0.39 is 0 Å². The third-order valence-electron chi connectivity index (χ3n) is 3.44. The Bertz CT molecular complexity index is 545. The normalized spacial score (nSPS) is 17.4. The van der Waals surface area contributed by atoms with Gasteiger partial charge in [-0.1, -0.05) is 18.2 Å². The van der Waals surface area contributed by atoms with Crippen LogP contribution in [-0.4, -0.2) is 18.1 Å². The van der Waals surface area contributed by atoms with Crippen LogP contribution in [0.5, 0.6) is 0 Å². The molecular weight excluding hydrogens is 260 g/mol. The summed E-state index contributed by atoms with van der Waals surface area (Å²) in [4.78, 5) is 4.07. The van der Waals surface area contributed by atoms with Crippen molar-refractivity contribution in [1.82, 2.24) is 4.98 Å². The van der Waals surface area contributed by atoms with Gasteiger partial charge in [0, 0.05) is 18.9 Å². The summed E-state index contributed by atoms with van der Waals surface area (Å²) in [6, 6.07) is 10.4. The molecule has 1 aliphatic heterocycles. The highest BCUT2D eigenvalue weighted by Crippen LogP contribution is 2.33. The number of benzene rings is 1. The molecule has 0 saturated heterocycles. The number of hydrogen-bond acceptors (Lipinski definition) is 3. The quantitative estimate of drug-likeness (QED) is 0.917. The minimum Gasteiger partial charge on any atom is -0.372 e. The smallest absolute Gasteiger partial charge is 0.0950 e. The number of hydrogen-bond donors (Lipinski definition) is 1. The van der Waals surface area contributed by atoms with Crippen LogP contribution < -0.4 is 5.73 Å². The Morgan fingerprint density at radius 3 is 2.74 bits per heavy atom. The van der Waals surface area contributed by atoms with Gasteiger partial charge in [0.2, 0.25) is 0 Å². The van der Waals surface area contributed by atoms with E-state index in [1.807, 2.05) is 24.5 Å². The Labute approximate surface area is 119 Å². The van der Waals surface area contributed by atoms with Crippen molar-refractivity contribution in [3.8, 4) is 11.1 Å². The molecule has 0 spiro atoms. The molecule has 1 unspecified atom stereocenters. The van der Waals surface area contributed by atoms with Gasteiger partial charge in [-0.2, -0.15) is 0 Å². The fourth-order valence-electron chi connectivity index (χ4n) is 2.58. The molecule has 3 rings (SSSR count). The number of fused-ring (bicyclic) bond motifs is 1. The van der Waals surface area contributed by atoms with Crippen molar-refractivity contribution in [2.75, 3.05) is 13.2 Å². The van der Waals surface area contributed by atoms with E-state index in [2.05, 4.69) is 23.2 Å². The molecule has 2 aromatic rings. The number of aromatic nitrogens is 1. The van der Waals surface area contributed by atoms with Crippen LogP contribution in [0.3, 0.4) is 0 Å². The van der Waals surface area contributed by atoms with Gasteiger partial charge in [-0.05, 0) is 40.8 Å². The van der Waals surface area contributed by atoms with Crippen molar-refractivity contribution in [3.05, 3.63) is 53.9 Å². The molecule has 19 heavy (non-hydrogen) atoms. The summed E-state index contributed by atoms with van der Waals surface area (Å²) in [5, 5.41) is 0. The molecule has 0 saturated carbocycles. The third-order valence-corrected chi connectivity index (χ3v) is 3.44. The standard InChI is InChI=1S/C15H16N2O.ClH/c16-10-15-14-3-1-2-12(13(14)6-9-18-15)11-4-7-17-8-5-11;/h1-5,7-8,15H,6,9-10,16H2;1H. The van der Waals surface area contributed by atoms with E-state index in [1.165, 1.54) is 22.3 Å². The van der Waals surface area contributed by atoms with E-state index in [0.717, 1.165) is 13.0 Å². The lowest BCUT2D eigenvalue weighted by Crippen LogP contribution is -2.23. The van der Waals surface area contributed by atoms with Gasteiger partial charge in [0.25, 0.3) is 0 Å². The molecule has 2 heterocycles. The van der Waals surface area contributed by atoms with E-state index in [9.17, 15) is 0 Å². The Morgan fingerprint density at radius 2 is 2.00 bits per heavy atom. The minimum absolute atomic E-state index is 0. The summed E-state index contributed by atoms with van der Waals surface area (Å²) in [5.74, 6) is 0. The number of nitrogens with zero attached hydrogens (tertiary/aromatic N) is 1.